The lowest BCUT2D eigenvalue weighted by atomic mass is 9.49. The second-order valence-electron chi connectivity index (χ2n) is 9.97. The lowest BCUT2D eigenvalue weighted by Gasteiger charge is -2.56. The van der Waals surface area contributed by atoms with E-state index in [4.69, 9.17) is 21.4 Å². The molecule has 4 fully saturated rings. The molecule has 0 saturated heterocycles. The van der Waals surface area contributed by atoms with Crippen LogP contribution in [0.15, 0.2) is 42.5 Å². The Bertz CT molecular complexity index is 1010. The van der Waals surface area contributed by atoms with E-state index in [1.54, 1.807) is 24.3 Å². The van der Waals surface area contributed by atoms with Crippen LogP contribution in [0.3, 0.4) is 0 Å². The van der Waals surface area contributed by atoms with Gasteiger partial charge in [0.25, 0.3) is 5.91 Å². The molecule has 6 rings (SSSR count). The standard InChI is InChI=1S/C26H28ClNO4/c27-22-6-5-19(20-3-1-2-4-23(20)32-14-24(29)30)10-21(22)25(31)28-15-26-11-16-7-17(12-26)9-18(8-16)13-26/h1-6,10,16-18H,7-9,11-15H2,(H,28,31)(H,29,30). The van der Waals surface area contributed by atoms with Crippen molar-refractivity contribution in [2.24, 2.45) is 23.2 Å². The zero-order valence-electron chi connectivity index (χ0n) is 18.0. The number of carboxylic acids is 1. The van der Waals surface area contributed by atoms with E-state index in [0.29, 0.717) is 22.9 Å². The van der Waals surface area contributed by atoms with Crippen molar-refractivity contribution in [2.45, 2.75) is 38.5 Å². The van der Waals surface area contributed by atoms with Crippen molar-refractivity contribution in [3.05, 3.63) is 53.1 Å². The molecule has 0 heterocycles. The highest BCUT2D eigenvalue weighted by molar-refractivity contribution is 6.34. The van der Waals surface area contributed by atoms with Gasteiger partial charge in [0.1, 0.15) is 5.75 Å². The lowest BCUT2D eigenvalue weighted by molar-refractivity contribution is -0.139. The van der Waals surface area contributed by atoms with Gasteiger partial charge in [0.05, 0.1) is 10.6 Å². The van der Waals surface area contributed by atoms with Gasteiger partial charge >= 0.3 is 5.97 Å². The number of aliphatic carboxylic acids is 1. The predicted molar refractivity (Wildman–Crippen MR) is 123 cm³/mol. The largest absolute Gasteiger partial charge is 0.481 e. The van der Waals surface area contributed by atoms with Gasteiger partial charge in [-0.05, 0) is 85.5 Å². The fourth-order valence-corrected chi connectivity index (χ4v) is 6.91. The molecule has 1 amide bonds. The van der Waals surface area contributed by atoms with Gasteiger partial charge in [-0.3, -0.25) is 4.79 Å². The van der Waals surface area contributed by atoms with Gasteiger partial charge in [-0.15, -0.1) is 0 Å². The summed E-state index contributed by atoms with van der Waals surface area (Å²) in [5.41, 5.74) is 2.17. The molecule has 168 valence electrons. The highest BCUT2D eigenvalue weighted by atomic mass is 35.5. The number of hydrogen-bond acceptors (Lipinski definition) is 3. The van der Waals surface area contributed by atoms with Crippen LogP contribution < -0.4 is 10.1 Å². The smallest absolute Gasteiger partial charge is 0.341 e. The van der Waals surface area contributed by atoms with Crippen LogP contribution in [0.5, 0.6) is 5.75 Å². The van der Waals surface area contributed by atoms with Gasteiger partial charge in [0.15, 0.2) is 6.61 Å². The summed E-state index contributed by atoms with van der Waals surface area (Å²) < 4.78 is 5.44. The Balaban J connectivity index is 1.33. The first-order valence-corrected chi connectivity index (χ1v) is 11.8. The van der Waals surface area contributed by atoms with Crippen molar-refractivity contribution in [1.29, 1.82) is 0 Å². The number of amides is 1. The molecule has 0 atom stereocenters. The molecule has 6 heteroatoms. The molecular formula is C26H28ClNO4. The number of carbonyl (C=O) groups is 2. The summed E-state index contributed by atoms with van der Waals surface area (Å²) in [6.07, 6.45) is 7.85. The SMILES string of the molecule is O=C(O)COc1ccccc1-c1ccc(Cl)c(C(=O)NCC23CC4CC(CC(C4)C2)C3)c1. The normalized spacial score (nSPS) is 27.8. The number of para-hydroxylation sites is 1. The van der Waals surface area contributed by atoms with E-state index < -0.39 is 12.6 Å². The Morgan fingerprint density at radius 2 is 1.69 bits per heavy atom. The summed E-state index contributed by atoms with van der Waals surface area (Å²) in [6.45, 7) is 0.289. The Morgan fingerprint density at radius 3 is 2.34 bits per heavy atom. The summed E-state index contributed by atoms with van der Waals surface area (Å²) in [5.74, 6) is 1.78. The minimum atomic E-state index is -1.04. The molecular weight excluding hydrogens is 426 g/mol. The summed E-state index contributed by atoms with van der Waals surface area (Å²) in [5, 5.41) is 12.5. The average molecular weight is 454 g/mol. The van der Waals surface area contributed by atoms with Crippen LogP contribution >= 0.6 is 11.6 Å². The summed E-state index contributed by atoms with van der Waals surface area (Å²) in [7, 11) is 0. The molecule has 2 N–H and O–H groups in total. The van der Waals surface area contributed by atoms with Crippen LogP contribution in [-0.2, 0) is 4.79 Å². The summed E-state index contributed by atoms with van der Waals surface area (Å²) in [6, 6.07) is 12.5. The van der Waals surface area contributed by atoms with Crippen molar-refractivity contribution in [3.63, 3.8) is 0 Å². The number of carboxylic acid groups (broad SMARTS) is 1. The maximum Gasteiger partial charge on any atom is 0.341 e. The van der Waals surface area contributed by atoms with Crippen LogP contribution in [0.4, 0.5) is 0 Å². The Morgan fingerprint density at radius 1 is 1.03 bits per heavy atom. The number of rotatable bonds is 7. The average Bonchev–Trinajstić information content (AvgIpc) is 2.76. The third-order valence-corrected chi connectivity index (χ3v) is 7.88. The van der Waals surface area contributed by atoms with Gasteiger partial charge in [0.2, 0.25) is 0 Å². The molecule has 4 saturated carbocycles. The van der Waals surface area contributed by atoms with E-state index in [1.165, 1.54) is 38.5 Å². The van der Waals surface area contributed by atoms with Crippen LogP contribution in [-0.4, -0.2) is 30.1 Å². The molecule has 32 heavy (non-hydrogen) atoms. The predicted octanol–water partition coefficient (Wildman–Crippen LogP) is 5.42. The first-order valence-electron chi connectivity index (χ1n) is 11.4. The molecule has 2 aromatic rings. The highest BCUT2D eigenvalue weighted by Crippen LogP contribution is 2.59. The van der Waals surface area contributed by atoms with Gasteiger partial charge < -0.3 is 15.2 Å². The van der Waals surface area contributed by atoms with Gasteiger partial charge in [-0.1, -0.05) is 35.9 Å². The van der Waals surface area contributed by atoms with E-state index >= 15 is 0 Å². The van der Waals surface area contributed by atoms with Gasteiger partial charge in [-0.2, -0.15) is 0 Å². The number of ether oxygens (including phenoxy) is 1. The number of benzene rings is 2. The van der Waals surface area contributed by atoms with Gasteiger partial charge in [0, 0.05) is 12.1 Å². The number of hydrogen-bond donors (Lipinski definition) is 2. The van der Waals surface area contributed by atoms with Crippen LogP contribution in [0.1, 0.15) is 48.9 Å². The maximum atomic E-state index is 13.1. The molecule has 4 aliphatic rings. The van der Waals surface area contributed by atoms with E-state index in [-0.39, 0.29) is 11.3 Å². The second-order valence-corrected chi connectivity index (χ2v) is 10.4. The van der Waals surface area contributed by atoms with E-state index in [0.717, 1.165) is 28.9 Å². The van der Waals surface area contributed by atoms with E-state index in [1.807, 2.05) is 18.2 Å². The summed E-state index contributed by atoms with van der Waals surface area (Å²) in [4.78, 5) is 24.1. The quantitative estimate of drug-likeness (QED) is 0.587. The fourth-order valence-electron chi connectivity index (χ4n) is 6.71. The monoisotopic (exact) mass is 453 g/mol. The summed E-state index contributed by atoms with van der Waals surface area (Å²) >= 11 is 6.41. The molecule has 0 radical (unpaired) electrons. The molecule has 2 aromatic carbocycles. The van der Waals surface area contributed by atoms with Gasteiger partial charge in [-0.25, -0.2) is 4.79 Å². The Hall–Kier alpha value is -2.53. The molecule has 0 unspecified atom stereocenters. The number of halogens is 1. The van der Waals surface area contributed by atoms with Crippen molar-refractivity contribution in [3.8, 4) is 16.9 Å². The lowest BCUT2D eigenvalue weighted by Crippen LogP contribution is -2.51. The topological polar surface area (TPSA) is 75.6 Å². The highest BCUT2D eigenvalue weighted by Gasteiger charge is 2.50. The molecule has 0 spiro atoms. The zero-order chi connectivity index (χ0) is 22.3. The third kappa shape index (κ3) is 4.23. The van der Waals surface area contributed by atoms with Crippen molar-refractivity contribution >= 4 is 23.5 Å². The fraction of sp³-hybridized carbons (Fsp3) is 0.462. The van der Waals surface area contributed by atoms with Crippen molar-refractivity contribution in [2.75, 3.05) is 13.2 Å². The Kier molecular flexibility index (Phi) is 5.62. The molecule has 0 aromatic heterocycles. The first-order chi connectivity index (χ1) is 15.4. The molecule has 5 nitrogen and oxygen atoms in total. The first kappa shape index (κ1) is 21.3. The van der Waals surface area contributed by atoms with Crippen LogP contribution in [0.25, 0.3) is 11.1 Å². The minimum Gasteiger partial charge on any atom is -0.481 e. The van der Waals surface area contributed by atoms with Crippen molar-refractivity contribution in [1.82, 2.24) is 5.32 Å². The number of nitrogens with one attached hydrogen (secondary N) is 1. The Labute approximate surface area is 193 Å². The third-order valence-electron chi connectivity index (χ3n) is 7.55. The zero-order valence-corrected chi connectivity index (χ0v) is 18.7. The molecule has 4 aliphatic carbocycles. The maximum absolute atomic E-state index is 13.1. The van der Waals surface area contributed by atoms with E-state index in [9.17, 15) is 9.59 Å². The molecule has 4 bridgehead atoms. The number of carbonyl (C=O) groups excluding carboxylic acids is 1. The second kappa shape index (κ2) is 8.43. The molecule has 0 aliphatic heterocycles. The minimum absolute atomic E-state index is 0.156. The van der Waals surface area contributed by atoms with Crippen LogP contribution in [0.2, 0.25) is 5.02 Å². The van der Waals surface area contributed by atoms with Crippen LogP contribution in [0, 0.1) is 23.2 Å². The van der Waals surface area contributed by atoms with Crippen molar-refractivity contribution < 1.29 is 19.4 Å². The van der Waals surface area contributed by atoms with E-state index in [2.05, 4.69) is 5.32 Å².